The van der Waals surface area contributed by atoms with Crippen LogP contribution in [0.1, 0.15) is 0 Å². The number of aryl methyl sites for hydroxylation is 1. The standard InChI is InChI=1S/C7H10N4O4/c1-10-4-9-7(11(13)14)6(10)8-3-5(12)15-2/h4,8H,3H2,1-2H3. The number of anilines is 1. The lowest BCUT2D eigenvalue weighted by atomic mass is 10.5. The second kappa shape index (κ2) is 4.40. The summed E-state index contributed by atoms with van der Waals surface area (Å²) >= 11 is 0. The lowest BCUT2D eigenvalue weighted by Gasteiger charge is -2.04. The lowest BCUT2D eigenvalue weighted by molar-refractivity contribution is -0.388. The molecule has 1 aromatic rings. The van der Waals surface area contributed by atoms with E-state index in [0.717, 1.165) is 0 Å². The van der Waals surface area contributed by atoms with E-state index in [4.69, 9.17) is 0 Å². The van der Waals surface area contributed by atoms with Crippen LogP contribution in [-0.4, -0.2) is 34.1 Å². The fourth-order valence-corrected chi connectivity index (χ4v) is 0.983. The average Bonchev–Trinajstić information content (AvgIpc) is 2.56. The average molecular weight is 214 g/mol. The Kier molecular flexibility index (Phi) is 3.21. The summed E-state index contributed by atoms with van der Waals surface area (Å²) in [5.41, 5.74) is 0. The molecule has 1 N–H and O–H groups in total. The molecule has 0 aliphatic heterocycles. The number of hydrogen-bond acceptors (Lipinski definition) is 6. The minimum atomic E-state index is -0.625. The molecule has 0 aromatic carbocycles. The van der Waals surface area contributed by atoms with E-state index in [1.54, 1.807) is 7.05 Å². The van der Waals surface area contributed by atoms with Gasteiger partial charge in [0.2, 0.25) is 12.1 Å². The van der Waals surface area contributed by atoms with Crippen LogP contribution in [0, 0.1) is 10.1 Å². The molecule has 1 heterocycles. The van der Waals surface area contributed by atoms with Crippen LogP contribution in [0.4, 0.5) is 11.6 Å². The number of imidazole rings is 1. The Morgan fingerprint density at radius 1 is 1.80 bits per heavy atom. The highest BCUT2D eigenvalue weighted by Gasteiger charge is 2.20. The molecule has 82 valence electrons. The van der Waals surface area contributed by atoms with Crippen LogP contribution in [0.25, 0.3) is 0 Å². The van der Waals surface area contributed by atoms with Gasteiger partial charge in [-0.15, -0.1) is 0 Å². The molecule has 8 heteroatoms. The first-order valence-corrected chi connectivity index (χ1v) is 4.02. The van der Waals surface area contributed by atoms with Crippen LogP contribution in [0.15, 0.2) is 6.33 Å². The van der Waals surface area contributed by atoms with Gasteiger partial charge in [0, 0.05) is 7.05 Å². The molecule has 0 aliphatic rings. The predicted octanol–water partition coefficient (Wildman–Crippen LogP) is -0.0868. The van der Waals surface area contributed by atoms with Gasteiger partial charge < -0.3 is 20.2 Å². The fourth-order valence-electron chi connectivity index (χ4n) is 0.983. The zero-order valence-electron chi connectivity index (χ0n) is 8.26. The Morgan fingerprint density at radius 2 is 2.47 bits per heavy atom. The van der Waals surface area contributed by atoms with Crippen LogP contribution in [0.5, 0.6) is 0 Å². The number of nitrogens with zero attached hydrogens (tertiary/aromatic N) is 3. The summed E-state index contributed by atoms with van der Waals surface area (Å²) in [6.07, 6.45) is 1.29. The molecule has 0 bridgehead atoms. The molecule has 8 nitrogen and oxygen atoms in total. The number of carbonyl (C=O) groups is 1. The molecule has 0 amide bonds. The Morgan fingerprint density at radius 3 is 3.00 bits per heavy atom. The Balaban J connectivity index is 2.79. The van der Waals surface area contributed by atoms with Gasteiger partial charge in [0.05, 0.1) is 7.11 Å². The van der Waals surface area contributed by atoms with Gasteiger partial charge >= 0.3 is 11.8 Å². The van der Waals surface area contributed by atoms with Crippen molar-refractivity contribution in [1.29, 1.82) is 0 Å². The largest absolute Gasteiger partial charge is 0.468 e. The molecule has 0 radical (unpaired) electrons. The number of nitro groups is 1. The van der Waals surface area contributed by atoms with Crippen molar-refractivity contribution in [3.63, 3.8) is 0 Å². The fraction of sp³-hybridized carbons (Fsp3) is 0.429. The van der Waals surface area contributed by atoms with Crippen molar-refractivity contribution in [3.8, 4) is 0 Å². The summed E-state index contributed by atoms with van der Waals surface area (Å²) in [6.45, 7) is -0.142. The van der Waals surface area contributed by atoms with Crippen molar-refractivity contribution in [2.24, 2.45) is 7.05 Å². The third-order valence-corrected chi connectivity index (χ3v) is 1.72. The van der Waals surface area contributed by atoms with Gasteiger partial charge in [-0.1, -0.05) is 0 Å². The van der Waals surface area contributed by atoms with Crippen molar-refractivity contribution in [3.05, 3.63) is 16.4 Å². The SMILES string of the molecule is COC(=O)CNc1c([N+](=O)[O-])ncn1C. The maximum absolute atomic E-state index is 10.8. The van der Waals surface area contributed by atoms with E-state index >= 15 is 0 Å². The monoisotopic (exact) mass is 214 g/mol. The minimum Gasteiger partial charge on any atom is -0.468 e. The summed E-state index contributed by atoms with van der Waals surface area (Å²) < 4.78 is 5.81. The third-order valence-electron chi connectivity index (χ3n) is 1.72. The number of aromatic nitrogens is 2. The Labute approximate surface area is 85.0 Å². The molecule has 1 rings (SSSR count). The molecule has 1 aromatic heterocycles. The van der Waals surface area contributed by atoms with Crippen LogP contribution in [0.2, 0.25) is 0 Å². The van der Waals surface area contributed by atoms with Crippen LogP contribution in [0.3, 0.4) is 0 Å². The van der Waals surface area contributed by atoms with Crippen molar-refractivity contribution in [1.82, 2.24) is 9.55 Å². The van der Waals surface area contributed by atoms with Crippen molar-refractivity contribution >= 4 is 17.6 Å². The summed E-state index contributed by atoms with van der Waals surface area (Å²) in [5, 5.41) is 13.1. The van der Waals surface area contributed by atoms with E-state index in [0.29, 0.717) is 0 Å². The number of methoxy groups -OCH3 is 1. The number of esters is 1. The Hall–Kier alpha value is -2.12. The zero-order chi connectivity index (χ0) is 11.4. The van der Waals surface area contributed by atoms with Crippen LogP contribution < -0.4 is 5.32 Å². The molecule has 0 saturated heterocycles. The highest BCUT2D eigenvalue weighted by atomic mass is 16.6. The quantitative estimate of drug-likeness (QED) is 0.427. The van der Waals surface area contributed by atoms with Crippen LogP contribution >= 0.6 is 0 Å². The van der Waals surface area contributed by atoms with E-state index in [-0.39, 0.29) is 18.2 Å². The summed E-state index contributed by atoms with van der Waals surface area (Å²) in [4.78, 5) is 24.3. The molecule has 0 spiro atoms. The van der Waals surface area contributed by atoms with E-state index in [9.17, 15) is 14.9 Å². The maximum Gasteiger partial charge on any atom is 0.406 e. The van der Waals surface area contributed by atoms with Gasteiger partial charge in [-0.25, -0.2) is 0 Å². The summed E-state index contributed by atoms with van der Waals surface area (Å²) in [5.74, 6) is -0.655. The van der Waals surface area contributed by atoms with Gasteiger partial charge in [-0.3, -0.25) is 9.36 Å². The number of rotatable bonds is 4. The van der Waals surface area contributed by atoms with E-state index in [2.05, 4.69) is 15.0 Å². The molecular formula is C7H10N4O4. The second-order valence-corrected chi connectivity index (χ2v) is 2.71. The molecule has 15 heavy (non-hydrogen) atoms. The number of ether oxygens (including phenoxy) is 1. The molecule has 0 aliphatic carbocycles. The number of hydrogen-bond donors (Lipinski definition) is 1. The normalized spacial score (nSPS) is 9.73. The van der Waals surface area contributed by atoms with E-state index in [1.807, 2.05) is 0 Å². The van der Waals surface area contributed by atoms with E-state index in [1.165, 1.54) is 18.0 Å². The molecule has 0 saturated carbocycles. The van der Waals surface area contributed by atoms with Gasteiger partial charge in [-0.2, -0.15) is 0 Å². The van der Waals surface area contributed by atoms with Gasteiger partial charge in [-0.05, 0) is 9.91 Å². The van der Waals surface area contributed by atoms with Crippen molar-refractivity contribution in [2.75, 3.05) is 19.0 Å². The van der Waals surface area contributed by atoms with Gasteiger partial charge in [0.1, 0.15) is 6.54 Å². The molecule has 0 fully saturated rings. The Bertz CT molecular complexity index is 386. The first kappa shape index (κ1) is 11.0. The third kappa shape index (κ3) is 2.42. The first-order valence-electron chi connectivity index (χ1n) is 4.02. The van der Waals surface area contributed by atoms with Gasteiger partial charge in [0.15, 0.2) is 0 Å². The first-order chi connectivity index (χ1) is 7.06. The van der Waals surface area contributed by atoms with Crippen molar-refractivity contribution < 1.29 is 14.5 Å². The summed E-state index contributed by atoms with van der Waals surface area (Å²) in [7, 11) is 2.82. The molecule has 0 atom stereocenters. The smallest absolute Gasteiger partial charge is 0.406 e. The molecular weight excluding hydrogens is 204 g/mol. The van der Waals surface area contributed by atoms with Gasteiger partial charge in [0.25, 0.3) is 0 Å². The van der Waals surface area contributed by atoms with Crippen molar-refractivity contribution in [2.45, 2.75) is 0 Å². The number of nitrogens with one attached hydrogen (secondary N) is 1. The maximum atomic E-state index is 10.8. The van der Waals surface area contributed by atoms with Crippen LogP contribution in [-0.2, 0) is 16.6 Å². The number of carbonyl (C=O) groups excluding carboxylic acids is 1. The predicted molar refractivity (Wildman–Crippen MR) is 50.4 cm³/mol. The van der Waals surface area contributed by atoms with E-state index < -0.39 is 10.9 Å². The summed E-state index contributed by atoms with van der Waals surface area (Å²) in [6, 6.07) is 0. The second-order valence-electron chi connectivity index (χ2n) is 2.71. The topological polar surface area (TPSA) is 99.3 Å². The highest BCUT2D eigenvalue weighted by Crippen LogP contribution is 2.20. The lowest BCUT2D eigenvalue weighted by Crippen LogP contribution is -2.17. The minimum absolute atomic E-state index is 0.142. The highest BCUT2D eigenvalue weighted by molar-refractivity contribution is 5.75. The molecule has 0 unspecified atom stereocenters. The zero-order valence-corrected chi connectivity index (χ0v) is 8.26.